The fourth-order valence-electron chi connectivity index (χ4n) is 2.81. The second kappa shape index (κ2) is 8.16. The van der Waals surface area contributed by atoms with Crippen LogP contribution < -0.4 is 4.74 Å². The van der Waals surface area contributed by atoms with Crippen LogP contribution in [0.3, 0.4) is 0 Å². The van der Waals surface area contributed by atoms with Gasteiger partial charge in [-0.25, -0.2) is 0 Å². The van der Waals surface area contributed by atoms with Crippen molar-refractivity contribution in [1.29, 1.82) is 0 Å². The first kappa shape index (κ1) is 16.1. The molecule has 0 unspecified atom stereocenters. The number of benzene rings is 3. The molecule has 0 spiro atoms. The van der Waals surface area contributed by atoms with E-state index in [4.69, 9.17) is 4.74 Å². The minimum absolute atomic E-state index is 0.332. The number of allylic oxidation sites excluding steroid dienone is 1. The van der Waals surface area contributed by atoms with Crippen LogP contribution in [-0.4, -0.2) is 7.11 Å². The third-order valence-electron chi connectivity index (χ3n) is 4.16. The molecule has 1 heteroatoms. The predicted octanol–water partition coefficient (Wildman–Crippen LogP) is 5.73. The van der Waals surface area contributed by atoms with Crippen LogP contribution in [0.5, 0.6) is 5.75 Å². The summed E-state index contributed by atoms with van der Waals surface area (Å²) >= 11 is 0. The van der Waals surface area contributed by atoms with E-state index in [1.165, 1.54) is 16.7 Å². The molecule has 0 saturated carbocycles. The highest BCUT2D eigenvalue weighted by molar-refractivity contribution is 5.51. The Labute approximate surface area is 144 Å². The fourth-order valence-corrected chi connectivity index (χ4v) is 2.81. The normalized spacial score (nSPS) is 12.2. The summed E-state index contributed by atoms with van der Waals surface area (Å²) in [7, 11) is 1.70. The zero-order valence-corrected chi connectivity index (χ0v) is 13.9. The quantitative estimate of drug-likeness (QED) is 0.564. The van der Waals surface area contributed by atoms with Crippen molar-refractivity contribution in [2.45, 2.75) is 12.3 Å². The van der Waals surface area contributed by atoms with E-state index >= 15 is 0 Å². The molecule has 24 heavy (non-hydrogen) atoms. The van der Waals surface area contributed by atoms with Gasteiger partial charge < -0.3 is 4.74 Å². The van der Waals surface area contributed by atoms with Crippen molar-refractivity contribution >= 4 is 6.08 Å². The monoisotopic (exact) mass is 314 g/mol. The van der Waals surface area contributed by atoms with Crippen molar-refractivity contribution in [2.24, 2.45) is 0 Å². The minimum Gasteiger partial charge on any atom is -0.497 e. The van der Waals surface area contributed by atoms with E-state index in [0.29, 0.717) is 5.92 Å². The summed E-state index contributed by atoms with van der Waals surface area (Å²) in [6.45, 7) is 0. The van der Waals surface area contributed by atoms with Gasteiger partial charge in [-0.05, 0) is 35.2 Å². The highest BCUT2D eigenvalue weighted by Crippen LogP contribution is 2.25. The zero-order valence-electron chi connectivity index (χ0n) is 13.9. The van der Waals surface area contributed by atoms with Gasteiger partial charge in [-0.2, -0.15) is 0 Å². The van der Waals surface area contributed by atoms with Gasteiger partial charge in [0.2, 0.25) is 0 Å². The van der Waals surface area contributed by atoms with Gasteiger partial charge in [0.1, 0.15) is 5.75 Å². The van der Waals surface area contributed by atoms with Crippen molar-refractivity contribution < 1.29 is 4.74 Å². The molecule has 1 atom stereocenters. The maximum atomic E-state index is 5.28. The lowest BCUT2D eigenvalue weighted by Crippen LogP contribution is -2.00. The van der Waals surface area contributed by atoms with Gasteiger partial charge in [0.25, 0.3) is 0 Å². The lowest BCUT2D eigenvalue weighted by molar-refractivity contribution is 0.414. The molecule has 0 N–H and O–H groups in total. The van der Waals surface area contributed by atoms with Crippen molar-refractivity contribution in [3.05, 3.63) is 108 Å². The summed E-state index contributed by atoms with van der Waals surface area (Å²) in [5.41, 5.74) is 3.87. The molecule has 0 heterocycles. The Kier molecular flexibility index (Phi) is 5.47. The molecule has 0 aliphatic heterocycles. The molecule has 0 aromatic heterocycles. The fraction of sp³-hybridized carbons (Fsp3) is 0.130. The summed E-state index contributed by atoms with van der Waals surface area (Å²) in [5, 5.41) is 0. The van der Waals surface area contributed by atoms with Crippen LogP contribution in [-0.2, 0) is 6.42 Å². The van der Waals surface area contributed by atoms with Crippen molar-refractivity contribution in [1.82, 2.24) is 0 Å². The molecule has 3 aromatic rings. The van der Waals surface area contributed by atoms with E-state index < -0.39 is 0 Å². The van der Waals surface area contributed by atoms with Gasteiger partial charge in [-0.15, -0.1) is 0 Å². The largest absolute Gasteiger partial charge is 0.497 e. The van der Waals surface area contributed by atoms with Crippen LogP contribution in [0.15, 0.2) is 91.0 Å². The first-order valence-electron chi connectivity index (χ1n) is 8.26. The lowest BCUT2D eigenvalue weighted by atomic mass is 9.91. The van der Waals surface area contributed by atoms with E-state index in [1.807, 2.05) is 18.2 Å². The van der Waals surface area contributed by atoms with E-state index in [-0.39, 0.29) is 0 Å². The molecule has 1 nitrogen and oxygen atoms in total. The molecular weight excluding hydrogens is 292 g/mol. The predicted molar refractivity (Wildman–Crippen MR) is 101 cm³/mol. The number of methoxy groups -OCH3 is 1. The Morgan fingerprint density at radius 2 is 1.42 bits per heavy atom. The van der Waals surface area contributed by atoms with Gasteiger partial charge in [0.15, 0.2) is 0 Å². The summed E-state index contributed by atoms with van der Waals surface area (Å²) in [4.78, 5) is 0. The molecule has 0 aliphatic carbocycles. The Morgan fingerprint density at radius 1 is 0.792 bits per heavy atom. The van der Waals surface area contributed by atoms with Gasteiger partial charge >= 0.3 is 0 Å². The van der Waals surface area contributed by atoms with Crippen molar-refractivity contribution in [2.75, 3.05) is 7.11 Å². The Balaban J connectivity index is 1.86. The van der Waals surface area contributed by atoms with E-state index in [2.05, 4.69) is 78.9 Å². The summed E-state index contributed by atoms with van der Waals surface area (Å²) in [6.07, 6.45) is 5.48. The molecule has 0 saturated heterocycles. The first-order chi connectivity index (χ1) is 11.8. The van der Waals surface area contributed by atoms with E-state index in [9.17, 15) is 0 Å². The van der Waals surface area contributed by atoms with Crippen LogP contribution in [0.4, 0.5) is 0 Å². The maximum Gasteiger partial charge on any atom is 0.118 e. The van der Waals surface area contributed by atoms with Gasteiger partial charge in [-0.3, -0.25) is 0 Å². The lowest BCUT2D eigenvalue weighted by Gasteiger charge is -2.14. The van der Waals surface area contributed by atoms with Crippen molar-refractivity contribution in [3.8, 4) is 5.75 Å². The molecule has 3 rings (SSSR count). The molecular formula is C23H22O. The van der Waals surface area contributed by atoms with Crippen LogP contribution in [0.2, 0.25) is 0 Å². The molecule has 0 amide bonds. The summed E-state index contributed by atoms with van der Waals surface area (Å²) in [5.74, 6) is 1.22. The van der Waals surface area contributed by atoms with Crippen LogP contribution >= 0.6 is 0 Å². The first-order valence-corrected chi connectivity index (χ1v) is 8.26. The van der Waals surface area contributed by atoms with Crippen molar-refractivity contribution in [3.63, 3.8) is 0 Å². The van der Waals surface area contributed by atoms with Crippen LogP contribution in [0, 0.1) is 0 Å². The highest BCUT2D eigenvalue weighted by Gasteiger charge is 2.09. The molecule has 0 aliphatic rings. The SMILES string of the molecule is COc1ccc([C@@H](/C=C/c2ccccc2)Cc2ccccc2)cc1. The van der Waals surface area contributed by atoms with E-state index in [1.54, 1.807) is 7.11 Å². The number of hydrogen-bond donors (Lipinski definition) is 0. The smallest absolute Gasteiger partial charge is 0.118 e. The van der Waals surface area contributed by atoms with E-state index in [0.717, 1.165) is 12.2 Å². The molecule has 0 radical (unpaired) electrons. The third kappa shape index (κ3) is 4.36. The maximum absolute atomic E-state index is 5.28. The molecule has 3 aromatic carbocycles. The molecule has 0 bridgehead atoms. The number of hydrogen-bond acceptors (Lipinski definition) is 1. The minimum atomic E-state index is 0.332. The summed E-state index contributed by atoms with van der Waals surface area (Å²) in [6, 6.07) is 29.4. The average Bonchev–Trinajstić information content (AvgIpc) is 2.67. The second-order valence-corrected chi connectivity index (χ2v) is 5.84. The van der Waals surface area contributed by atoms with Crippen LogP contribution in [0.25, 0.3) is 6.08 Å². The second-order valence-electron chi connectivity index (χ2n) is 5.84. The summed E-state index contributed by atoms with van der Waals surface area (Å²) < 4.78 is 5.28. The number of rotatable bonds is 6. The average molecular weight is 314 g/mol. The Morgan fingerprint density at radius 3 is 2.04 bits per heavy atom. The highest BCUT2D eigenvalue weighted by atomic mass is 16.5. The topological polar surface area (TPSA) is 9.23 Å². The molecule has 0 fully saturated rings. The van der Waals surface area contributed by atoms with Gasteiger partial charge in [0, 0.05) is 5.92 Å². The molecule has 120 valence electrons. The number of ether oxygens (including phenoxy) is 1. The van der Waals surface area contributed by atoms with Crippen LogP contribution in [0.1, 0.15) is 22.6 Å². The zero-order chi connectivity index (χ0) is 16.6. The Hall–Kier alpha value is -2.80. The Bertz CT molecular complexity index is 758. The van der Waals surface area contributed by atoms with Gasteiger partial charge in [-0.1, -0.05) is 84.9 Å². The standard InChI is InChI=1S/C23H22O/c1-24-23-16-14-21(15-17-23)22(18-20-10-6-3-7-11-20)13-12-19-8-4-2-5-9-19/h2-17,22H,18H2,1H3/b13-12+/t22-/m0/s1. The van der Waals surface area contributed by atoms with Gasteiger partial charge in [0.05, 0.1) is 7.11 Å². The third-order valence-corrected chi connectivity index (χ3v) is 4.16.